The molecule has 1 amide bonds. The molecule has 7 nitrogen and oxygen atoms in total. The lowest BCUT2D eigenvalue weighted by Gasteiger charge is -2.23. The van der Waals surface area contributed by atoms with Crippen molar-refractivity contribution in [1.82, 2.24) is 20.6 Å². The second-order valence-corrected chi connectivity index (χ2v) is 7.02. The Morgan fingerprint density at radius 3 is 2.71 bits per heavy atom. The van der Waals surface area contributed by atoms with Gasteiger partial charge in [-0.15, -0.1) is 0 Å². The van der Waals surface area contributed by atoms with E-state index in [1.54, 1.807) is 18.2 Å². The Bertz CT molecular complexity index is 1290. The van der Waals surface area contributed by atoms with Crippen molar-refractivity contribution in [1.29, 1.82) is 0 Å². The zero-order valence-electron chi connectivity index (χ0n) is 16.4. The monoisotopic (exact) mass is 429 g/mol. The molecule has 1 aromatic heterocycles. The third-order valence-electron chi connectivity index (χ3n) is 4.98. The minimum Gasteiger partial charge on any atom is -0.396 e. The van der Waals surface area contributed by atoms with Gasteiger partial charge in [0.1, 0.15) is 0 Å². The van der Waals surface area contributed by atoms with Crippen molar-refractivity contribution in [2.45, 2.75) is 19.6 Å². The SMILES string of the molecule is CCNC(=O)c1ccc2c(c1)C(N)=C(c1nc3ccc(C(F)(F)F)cc3[nH]c1=O)NC2. The molecule has 0 radical (unpaired) electrons. The molecule has 1 aliphatic heterocycles. The highest BCUT2D eigenvalue weighted by Crippen LogP contribution is 2.31. The fourth-order valence-electron chi connectivity index (χ4n) is 3.44. The van der Waals surface area contributed by atoms with Crippen LogP contribution in [0.4, 0.5) is 13.2 Å². The summed E-state index contributed by atoms with van der Waals surface area (Å²) in [5.74, 6) is -0.250. The molecule has 1 aliphatic rings. The second-order valence-electron chi connectivity index (χ2n) is 7.02. The van der Waals surface area contributed by atoms with Crippen LogP contribution in [0.2, 0.25) is 0 Å². The van der Waals surface area contributed by atoms with Gasteiger partial charge in [-0.3, -0.25) is 9.59 Å². The standard InChI is InChI=1S/C21H18F3N5O2/c1-2-26-19(30)10-3-4-11-9-27-17(16(25)13(11)7-10)18-20(31)29-15-8-12(21(22,23)24)5-6-14(15)28-18/h3-8,27H,2,9,25H2,1H3,(H,26,30)(H,29,31). The van der Waals surface area contributed by atoms with Gasteiger partial charge < -0.3 is 21.4 Å². The van der Waals surface area contributed by atoms with Crippen molar-refractivity contribution >= 4 is 28.3 Å². The molecule has 4 rings (SSSR count). The van der Waals surface area contributed by atoms with E-state index in [4.69, 9.17) is 5.73 Å². The molecule has 31 heavy (non-hydrogen) atoms. The van der Waals surface area contributed by atoms with Crippen LogP contribution in [0.3, 0.4) is 0 Å². The average molecular weight is 429 g/mol. The molecule has 10 heteroatoms. The minimum atomic E-state index is -4.53. The smallest absolute Gasteiger partial charge is 0.396 e. The molecule has 0 aliphatic carbocycles. The Hall–Kier alpha value is -3.82. The first-order chi connectivity index (χ1) is 14.7. The fraction of sp³-hybridized carbons (Fsp3) is 0.190. The van der Waals surface area contributed by atoms with E-state index < -0.39 is 17.3 Å². The summed E-state index contributed by atoms with van der Waals surface area (Å²) in [6.07, 6.45) is -4.53. The van der Waals surface area contributed by atoms with Crippen molar-refractivity contribution in [3.05, 3.63) is 74.7 Å². The molecule has 2 aromatic carbocycles. The number of alkyl halides is 3. The number of carbonyl (C=O) groups excluding carboxylic acids is 1. The highest BCUT2D eigenvalue weighted by atomic mass is 19.4. The Morgan fingerprint density at radius 2 is 2.00 bits per heavy atom. The van der Waals surface area contributed by atoms with Crippen LogP contribution < -0.4 is 21.9 Å². The molecule has 0 fully saturated rings. The lowest BCUT2D eigenvalue weighted by Crippen LogP contribution is -2.29. The van der Waals surface area contributed by atoms with Crippen LogP contribution in [0.5, 0.6) is 0 Å². The summed E-state index contributed by atoms with van der Waals surface area (Å²) >= 11 is 0. The highest BCUT2D eigenvalue weighted by Gasteiger charge is 2.31. The van der Waals surface area contributed by atoms with Gasteiger partial charge in [0.2, 0.25) is 0 Å². The number of aromatic nitrogens is 2. The third kappa shape index (κ3) is 3.72. The van der Waals surface area contributed by atoms with E-state index in [-0.39, 0.29) is 34.0 Å². The number of hydrogen-bond acceptors (Lipinski definition) is 5. The number of nitrogens with one attached hydrogen (secondary N) is 3. The molecular weight excluding hydrogens is 411 g/mol. The number of halogens is 3. The number of rotatable bonds is 3. The van der Waals surface area contributed by atoms with Gasteiger partial charge in [-0.05, 0) is 42.8 Å². The molecule has 0 atom stereocenters. The van der Waals surface area contributed by atoms with Crippen LogP contribution in [-0.2, 0) is 12.7 Å². The number of nitrogens with two attached hydrogens (primary N) is 1. The summed E-state index contributed by atoms with van der Waals surface area (Å²) in [6, 6.07) is 8.03. The van der Waals surface area contributed by atoms with Crippen LogP contribution in [0.25, 0.3) is 22.4 Å². The van der Waals surface area contributed by atoms with Crippen molar-refractivity contribution in [2.75, 3.05) is 6.54 Å². The number of amides is 1. The first-order valence-corrected chi connectivity index (χ1v) is 9.45. The Balaban J connectivity index is 1.82. The molecule has 5 N–H and O–H groups in total. The summed E-state index contributed by atoms with van der Waals surface area (Å²) in [4.78, 5) is 31.5. The zero-order chi connectivity index (χ0) is 22.3. The van der Waals surface area contributed by atoms with Crippen molar-refractivity contribution in [3.8, 4) is 0 Å². The van der Waals surface area contributed by atoms with E-state index in [9.17, 15) is 22.8 Å². The fourth-order valence-corrected chi connectivity index (χ4v) is 3.44. The summed E-state index contributed by atoms with van der Waals surface area (Å²) in [5.41, 5.74) is 7.17. The Kier molecular flexibility index (Phi) is 4.92. The van der Waals surface area contributed by atoms with E-state index in [0.29, 0.717) is 24.2 Å². The lowest BCUT2D eigenvalue weighted by molar-refractivity contribution is -0.137. The summed E-state index contributed by atoms with van der Waals surface area (Å²) in [6.45, 7) is 2.62. The molecule has 0 spiro atoms. The summed E-state index contributed by atoms with van der Waals surface area (Å²) < 4.78 is 38.8. The third-order valence-corrected chi connectivity index (χ3v) is 4.98. The first kappa shape index (κ1) is 20.5. The predicted octanol–water partition coefficient (Wildman–Crippen LogP) is 2.58. The van der Waals surface area contributed by atoms with Gasteiger partial charge >= 0.3 is 6.18 Å². The van der Waals surface area contributed by atoms with Gasteiger partial charge in [-0.1, -0.05) is 6.07 Å². The largest absolute Gasteiger partial charge is 0.416 e. The van der Waals surface area contributed by atoms with E-state index in [2.05, 4.69) is 20.6 Å². The van der Waals surface area contributed by atoms with Crippen LogP contribution in [0, 0.1) is 0 Å². The highest BCUT2D eigenvalue weighted by molar-refractivity contribution is 5.97. The van der Waals surface area contributed by atoms with Crippen molar-refractivity contribution < 1.29 is 18.0 Å². The number of aromatic amines is 1. The quantitative estimate of drug-likeness (QED) is 0.511. The maximum absolute atomic E-state index is 12.9. The van der Waals surface area contributed by atoms with Gasteiger partial charge in [-0.25, -0.2) is 4.98 Å². The average Bonchev–Trinajstić information content (AvgIpc) is 2.73. The number of nitrogens with zero attached hydrogens (tertiary/aromatic N) is 1. The molecule has 2 heterocycles. The topological polar surface area (TPSA) is 113 Å². The minimum absolute atomic E-state index is 0.0301. The van der Waals surface area contributed by atoms with Gasteiger partial charge in [0.25, 0.3) is 11.5 Å². The normalized spacial score (nSPS) is 13.7. The number of hydrogen-bond donors (Lipinski definition) is 4. The molecule has 0 saturated carbocycles. The summed E-state index contributed by atoms with van der Waals surface area (Å²) in [7, 11) is 0. The first-order valence-electron chi connectivity index (χ1n) is 9.45. The molecule has 0 unspecified atom stereocenters. The van der Waals surface area contributed by atoms with E-state index in [1.165, 1.54) is 6.07 Å². The number of H-pyrrole nitrogens is 1. The van der Waals surface area contributed by atoms with Gasteiger partial charge in [0, 0.05) is 24.2 Å². The molecule has 0 bridgehead atoms. The molecule has 3 aromatic rings. The number of fused-ring (bicyclic) bond motifs is 2. The molecular formula is C21H18F3N5O2. The second kappa shape index (κ2) is 7.46. The van der Waals surface area contributed by atoms with Crippen LogP contribution in [0.1, 0.15) is 39.7 Å². The zero-order valence-corrected chi connectivity index (χ0v) is 16.4. The van der Waals surface area contributed by atoms with Gasteiger partial charge in [0.05, 0.1) is 28.0 Å². The molecule has 160 valence electrons. The number of benzene rings is 2. The van der Waals surface area contributed by atoms with Crippen molar-refractivity contribution in [2.24, 2.45) is 5.73 Å². The van der Waals surface area contributed by atoms with Crippen LogP contribution >= 0.6 is 0 Å². The van der Waals surface area contributed by atoms with Crippen molar-refractivity contribution in [3.63, 3.8) is 0 Å². The van der Waals surface area contributed by atoms with E-state index in [1.807, 2.05) is 6.92 Å². The maximum Gasteiger partial charge on any atom is 0.416 e. The molecule has 0 saturated heterocycles. The van der Waals surface area contributed by atoms with E-state index >= 15 is 0 Å². The Morgan fingerprint density at radius 1 is 1.23 bits per heavy atom. The number of carbonyl (C=O) groups is 1. The lowest BCUT2D eigenvalue weighted by atomic mass is 9.96. The Labute approximate surface area is 174 Å². The van der Waals surface area contributed by atoms with E-state index in [0.717, 1.165) is 17.7 Å². The van der Waals surface area contributed by atoms with Crippen LogP contribution in [-0.4, -0.2) is 22.4 Å². The van der Waals surface area contributed by atoms with Crippen LogP contribution in [0.15, 0.2) is 41.2 Å². The van der Waals surface area contributed by atoms with Gasteiger partial charge in [-0.2, -0.15) is 13.2 Å². The maximum atomic E-state index is 12.9. The van der Waals surface area contributed by atoms with Gasteiger partial charge in [0.15, 0.2) is 5.69 Å². The predicted molar refractivity (Wildman–Crippen MR) is 110 cm³/mol. The summed E-state index contributed by atoms with van der Waals surface area (Å²) in [5, 5.41) is 5.76.